The Morgan fingerprint density at radius 3 is 2.83 bits per heavy atom. The fourth-order valence-electron chi connectivity index (χ4n) is 5.56. The molecule has 2 aromatic heterocycles. The molecule has 5 rings (SSSR count). The SMILES string of the molecule is C[C@H](N)CCCc1cc(Cl)c(F)c(-c2cc3cn(-c4ccc([C@@H]5C[C@@H](CCNC(=N)N)CCO5)cc4)c(=O)nc3[nH]2)c1. The number of nitrogens with two attached hydrogens (primary N) is 2. The Morgan fingerprint density at radius 1 is 1.31 bits per heavy atom. The number of rotatable bonds is 10. The minimum Gasteiger partial charge on any atom is -0.374 e. The van der Waals surface area contributed by atoms with Crippen molar-refractivity contribution in [1.29, 1.82) is 5.41 Å². The van der Waals surface area contributed by atoms with Gasteiger partial charge in [0.15, 0.2) is 11.8 Å². The summed E-state index contributed by atoms with van der Waals surface area (Å²) in [6.07, 6.45) is 6.92. The van der Waals surface area contributed by atoms with Gasteiger partial charge in [0, 0.05) is 36.3 Å². The van der Waals surface area contributed by atoms with E-state index in [0.717, 1.165) is 49.7 Å². The van der Waals surface area contributed by atoms with Crippen molar-refractivity contribution in [3.63, 3.8) is 0 Å². The summed E-state index contributed by atoms with van der Waals surface area (Å²) >= 11 is 6.24. The Balaban J connectivity index is 1.35. The number of halogens is 2. The maximum absolute atomic E-state index is 15.1. The zero-order valence-electron chi connectivity index (χ0n) is 23.6. The summed E-state index contributed by atoms with van der Waals surface area (Å²) < 4.78 is 22.6. The van der Waals surface area contributed by atoms with E-state index in [0.29, 0.717) is 47.0 Å². The van der Waals surface area contributed by atoms with Crippen molar-refractivity contribution in [3.8, 4) is 16.9 Å². The number of benzene rings is 2. The normalized spacial score (nSPS) is 17.8. The number of guanidine groups is 1. The average Bonchev–Trinajstić information content (AvgIpc) is 3.37. The van der Waals surface area contributed by atoms with Crippen LogP contribution in [0.5, 0.6) is 0 Å². The molecule has 3 atom stereocenters. The fraction of sp³-hybridized carbons (Fsp3) is 0.387. The summed E-state index contributed by atoms with van der Waals surface area (Å²) in [6, 6.07) is 13.0. The molecule has 0 bridgehead atoms. The minimum absolute atomic E-state index is 0.0116. The fourth-order valence-corrected chi connectivity index (χ4v) is 5.80. The lowest BCUT2D eigenvalue weighted by Gasteiger charge is -2.30. The van der Waals surface area contributed by atoms with E-state index < -0.39 is 11.5 Å². The highest BCUT2D eigenvalue weighted by Gasteiger charge is 2.24. The first kappa shape index (κ1) is 29.8. The van der Waals surface area contributed by atoms with Crippen LogP contribution in [0.3, 0.4) is 0 Å². The summed E-state index contributed by atoms with van der Waals surface area (Å²) in [4.78, 5) is 20.3. The number of hydrogen-bond donors (Lipinski definition) is 5. The number of aryl methyl sites for hydroxylation is 1. The first-order chi connectivity index (χ1) is 20.2. The second-order valence-electron chi connectivity index (χ2n) is 11.2. The van der Waals surface area contributed by atoms with Gasteiger partial charge in [-0.25, -0.2) is 9.18 Å². The molecule has 11 heteroatoms. The summed E-state index contributed by atoms with van der Waals surface area (Å²) in [5.74, 6) is -0.0582. The third-order valence-corrected chi connectivity index (χ3v) is 8.09. The Kier molecular flexibility index (Phi) is 9.25. The molecule has 7 N–H and O–H groups in total. The van der Waals surface area contributed by atoms with Crippen molar-refractivity contribution >= 4 is 28.6 Å². The van der Waals surface area contributed by atoms with Gasteiger partial charge in [-0.2, -0.15) is 4.98 Å². The van der Waals surface area contributed by atoms with Gasteiger partial charge in [-0.3, -0.25) is 9.98 Å². The van der Waals surface area contributed by atoms with Crippen LogP contribution in [0.15, 0.2) is 53.5 Å². The molecule has 3 heterocycles. The monoisotopic (exact) mass is 593 g/mol. The minimum atomic E-state index is -0.521. The van der Waals surface area contributed by atoms with Gasteiger partial charge >= 0.3 is 5.69 Å². The maximum Gasteiger partial charge on any atom is 0.354 e. The molecule has 9 nitrogen and oxygen atoms in total. The van der Waals surface area contributed by atoms with Gasteiger partial charge in [-0.05, 0) is 92.8 Å². The van der Waals surface area contributed by atoms with Gasteiger partial charge in [0.05, 0.1) is 22.5 Å². The predicted molar refractivity (Wildman–Crippen MR) is 165 cm³/mol. The topological polar surface area (TPSA) is 148 Å². The number of fused-ring (bicyclic) bond motifs is 1. The summed E-state index contributed by atoms with van der Waals surface area (Å²) in [7, 11) is 0. The summed E-state index contributed by atoms with van der Waals surface area (Å²) in [6.45, 7) is 3.31. The first-order valence-electron chi connectivity index (χ1n) is 14.3. The third-order valence-electron chi connectivity index (χ3n) is 7.81. The van der Waals surface area contributed by atoms with Crippen LogP contribution in [-0.2, 0) is 11.2 Å². The van der Waals surface area contributed by atoms with Crippen molar-refractivity contribution in [1.82, 2.24) is 19.9 Å². The van der Waals surface area contributed by atoms with E-state index in [1.165, 1.54) is 4.57 Å². The highest BCUT2D eigenvalue weighted by atomic mass is 35.5. The van der Waals surface area contributed by atoms with Gasteiger partial charge in [0.1, 0.15) is 5.65 Å². The van der Waals surface area contributed by atoms with Crippen LogP contribution in [0.1, 0.15) is 56.3 Å². The van der Waals surface area contributed by atoms with Crippen molar-refractivity contribution in [2.45, 2.75) is 57.6 Å². The van der Waals surface area contributed by atoms with E-state index in [1.807, 2.05) is 31.2 Å². The lowest BCUT2D eigenvalue weighted by molar-refractivity contribution is -0.0117. The molecule has 0 amide bonds. The van der Waals surface area contributed by atoms with Crippen molar-refractivity contribution in [3.05, 3.63) is 81.1 Å². The van der Waals surface area contributed by atoms with Gasteiger partial charge < -0.3 is 26.5 Å². The molecule has 222 valence electrons. The highest BCUT2D eigenvalue weighted by Crippen LogP contribution is 2.34. The van der Waals surface area contributed by atoms with Crippen molar-refractivity contribution in [2.75, 3.05) is 13.2 Å². The van der Waals surface area contributed by atoms with Gasteiger partial charge in [-0.1, -0.05) is 23.7 Å². The van der Waals surface area contributed by atoms with E-state index >= 15 is 4.39 Å². The molecule has 0 saturated carbocycles. The van der Waals surface area contributed by atoms with E-state index in [4.69, 9.17) is 33.2 Å². The third kappa shape index (κ3) is 7.00. The van der Waals surface area contributed by atoms with Crippen LogP contribution in [-0.4, -0.2) is 39.7 Å². The number of nitrogens with zero attached hydrogens (tertiary/aromatic N) is 2. The van der Waals surface area contributed by atoms with Gasteiger partial charge in [0.2, 0.25) is 0 Å². The smallest absolute Gasteiger partial charge is 0.354 e. The molecule has 0 radical (unpaired) electrons. The lowest BCUT2D eigenvalue weighted by Crippen LogP contribution is -2.32. The van der Waals surface area contributed by atoms with Gasteiger partial charge in [-0.15, -0.1) is 0 Å². The highest BCUT2D eigenvalue weighted by molar-refractivity contribution is 6.31. The van der Waals surface area contributed by atoms with E-state index in [-0.39, 0.29) is 23.1 Å². The molecular weight excluding hydrogens is 557 g/mol. The summed E-state index contributed by atoms with van der Waals surface area (Å²) in [5, 5.41) is 10.9. The standard InChI is InChI=1S/C31H37ClFN7O2/c1-18(34)3-2-4-20-13-24(28(33)25(32)14-20)26-16-22-17-40(31(41)39-29(22)38-26)23-7-5-21(6-8-23)27-15-19(10-12-42-27)9-11-37-30(35)36/h5-8,13-14,16-19,27H,2-4,9-12,15,34H2,1H3,(H4,35,36,37)(H,38,39,41)/t18-,19-,27-/m0/s1. The van der Waals surface area contributed by atoms with E-state index in [9.17, 15) is 4.79 Å². The Bertz CT molecular complexity index is 1620. The van der Waals surface area contributed by atoms with Crippen LogP contribution in [0.4, 0.5) is 4.39 Å². The molecule has 1 fully saturated rings. The Hall–Kier alpha value is -3.73. The zero-order valence-corrected chi connectivity index (χ0v) is 24.4. The number of aromatic amines is 1. The second-order valence-corrected chi connectivity index (χ2v) is 11.6. The number of hydrogen-bond acceptors (Lipinski definition) is 5. The lowest BCUT2D eigenvalue weighted by atomic mass is 9.89. The van der Waals surface area contributed by atoms with Crippen LogP contribution >= 0.6 is 11.6 Å². The van der Waals surface area contributed by atoms with Gasteiger partial charge in [0.25, 0.3) is 0 Å². The molecule has 1 aliphatic heterocycles. The van der Waals surface area contributed by atoms with Crippen LogP contribution in [0.2, 0.25) is 5.02 Å². The quantitative estimate of drug-likeness (QED) is 0.126. The number of nitrogens with one attached hydrogen (secondary N) is 3. The molecule has 42 heavy (non-hydrogen) atoms. The molecule has 0 unspecified atom stereocenters. The molecule has 4 aromatic rings. The largest absolute Gasteiger partial charge is 0.374 e. The zero-order chi connectivity index (χ0) is 29.8. The number of ether oxygens (including phenoxy) is 1. The first-order valence-corrected chi connectivity index (χ1v) is 14.7. The van der Waals surface area contributed by atoms with E-state index in [2.05, 4.69) is 15.3 Å². The van der Waals surface area contributed by atoms with Crippen LogP contribution < -0.4 is 22.5 Å². The van der Waals surface area contributed by atoms with E-state index in [1.54, 1.807) is 24.4 Å². The Morgan fingerprint density at radius 2 is 2.10 bits per heavy atom. The molecule has 2 aromatic carbocycles. The van der Waals surface area contributed by atoms with Crippen LogP contribution in [0, 0.1) is 17.1 Å². The second kappa shape index (κ2) is 13.1. The molecular formula is C31H37ClFN7O2. The summed E-state index contributed by atoms with van der Waals surface area (Å²) in [5.41, 5.74) is 14.7. The molecule has 0 aliphatic carbocycles. The van der Waals surface area contributed by atoms with Crippen molar-refractivity contribution < 1.29 is 9.13 Å². The molecule has 1 aliphatic rings. The Labute approximate surface area is 248 Å². The predicted octanol–water partition coefficient (Wildman–Crippen LogP) is 5.18. The average molecular weight is 594 g/mol. The molecule has 0 spiro atoms. The molecule has 1 saturated heterocycles. The number of aromatic nitrogens is 3. The maximum atomic E-state index is 15.1. The van der Waals surface area contributed by atoms with Crippen molar-refractivity contribution in [2.24, 2.45) is 17.4 Å². The number of H-pyrrole nitrogens is 1. The van der Waals surface area contributed by atoms with Crippen LogP contribution in [0.25, 0.3) is 28.0 Å².